The summed E-state index contributed by atoms with van der Waals surface area (Å²) in [5.41, 5.74) is 0.301. The van der Waals surface area contributed by atoms with Crippen LogP contribution in [0.5, 0.6) is 0 Å². The molecule has 2 heterocycles. The van der Waals surface area contributed by atoms with Crippen LogP contribution in [-0.2, 0) is 0 Å². The Labute approximate surface area is 115 Å². The molecule has 6 heteroatoms. The van der Waals surface area contributed by atoms with E-state index in [1.807, 2.05) is 13.0 Å². The van der Waals surface area contributed by atoms with E-state index in [1.165, 1.54) is 0 Å². The fraction of sp³-hybridized carbons (Fsp3) is 0.357. The minimum Gasteiger partial charge on any atom is -0.332 e. The predicted octanol–water partition coefficient (Wildman–Crippen LogP) is 0.357. The normalized spacial score (nSPS) is 19.2. The third-order valence-electron chi connectivity index (χ3n) is 3.64. The highest BCUT2D eigenvalue weighted by molar-refractivity contribution is 5.95. The van der Waals surface area contributed by atoms with E-state index in [1.54, 1.807) is 23.1 Å². The van der Waals surface area contributed by atoms with Crippen molar-refractivity contribution in [2.45, 2.75) is 13.0 Å². The zero-order valence-corrected chi connectivity index (χ0v) is 11.2. The molecule has 1 aliphatic rings. The summed E-state index contributed by atoms with van der Waals surface area (Å²) in [6.45, 7) is 4.02. The molecule has 3 rings (SSSR count). The van der Waals surface area contributed by atoms with Crippen LogP contribution in [0, 0.1) is 0 Å². The Morgan fingerprint density at radius 2 is 2.20 bits per heavy atom. The van der Waals surface area contributed by atoms with E-state index < -0.39 is 0 Å². The molecular weight excluding hydrogens is 256 g/mol. The first-order valence-electron chi connectivity index (χ1n) is 6.67. The second-order valence-electron chi connectivity index (χ2n) is 5.00. The SMILES string of the molecule is CC1CNCCN1C(=O)c1n[nH]c2ccccc2c1=O. The van der Waals surface area contributed by atoms with Gasteiger partial charge in [0.15, 0.2) is 5.69 Å². The summed E-state index contributed by atoms with van der Waals surface area (Å²) >= 11 is 0. The van der Waals surface area contributed by atoms with Crippen molar-refractivity contribution >= 4 is 16.8 Å². The van der Waals surface area contributed by atoms with Crippen LogP contribution < -0.4 is 10.7 Å². The first-order chi connectivity index (χ1) is 9.68. The molecule has 0 spiro atoms. The van der Waals surface area contributed by atoms with Gasteiger partial charge in [-0.05, 0) is 19.1 Å². The Bertz CT molecular complexity index is 710. The number of fused-ring (bicyclic) bond motifs is 1. The van der Waals surface area contributed by atoms with Gasteiger partial charge in [0.2, 0.25) is 5.43 Å². The molecule has 2 aromatic rings. The first-order valence-corrected chi connectivity index (χ1v) is 6.67. The second kappa shape index (κ2) is 5.05. The average molecular weight is 272 g/mol. The van der Waals surface area contributed by atoms with Crippen molar-refractivity contribution in [1.29, 1.82) is 0 Å². The van der Waals surface area contributed by atoms with Crippen LogP contribution in [0.15, 0.2) is 29.1 Å². The molecule has 0 saturated carbocycles. The maximum Gasteiger partial charge on any atom is 0.278 e. The first kappa shape index (κ1) is 12.8. The van der Waals surface area contributed by atoms with Gasteiger partial charge in [-0.1, -0.05) is 12.1 Å². The van der Waals surface area contributed by atoms with Crippen LogP contribution in [0.4, 0.5) is 0 Å². The molecule has 2 N–H and O–H groups in total. The highest BCUT2D eigenvalue weighted by Crippen LogP contribution is 2.09. The molecule has 20 heavy (non-hydrogen) atoms. The molecular formula is C14H16N4O2. The lowest BCUT2D eigenvalue weighted by atomic mass is 10.1. The molecule has 0 radical (unpaired) electrons. The van der Waals surface area contributed by atoms with Crippen molar-refractivity contribution in [3.05, 3.63) is 40.2 Å². The molecule has 1 amide bonds. The van der Waals surface area contributed by atoms with Crippen molar-refractivity contribution in [2.24, 2.45) is 0 Å². The Hall–Kier alpha value is -2.21. The van der Waals surface area contributed by atoms with Crippen molar-refractivity contribution in [2.75, 3.05) is 19.6 Å². The van der Waals surface area contributed by atoms with Gasteiger partial charge in [-0.3, -0.25) is 14.7 Å². The number of carbonyl (C=O) groups excluding carboxylic acids is 1. The summed E-state index contributed by atoms with van der Waals surface area (Å²) in [7, 11) is 0. The molecule has 1 aromatic carbocycles. The summed E-state index contributed by atoms with van der Waals surface area (Å²) in [4.78, 5) is 26.6. The number of aromatic nitrogens is 2. The fourth-order valence-electron chi connectivity index (χ4n) is 2.50. The van der Waals surface area contributed by atoms with Gasteiger partial charge in [0.25, 0.3) is 5.91 Å². The van der Waals surface area contributed by atoms with Crippen molar-refractivity contribution in [3.8, 4) is 0 Å². The largest absolute Gasteiger partial charge is 0.332 e. The number of hydrogen-bond donors (Lipinski definition) is 2. The smallest absolute Gasteiger partial charge is 0.278 e. The number of nitrogens with zero attached hydrogens (tertiary/aromatic N) is 2. The number of amides is 1. The fourth-order valence-corrected chi connectivity index (χ4v) is 2.50. The minimum absolute atomic E-state index is 0.0301. The van der Waals surface area contributed by atoms with Crippen LogP contribution in [0.25, 0.3) is 10.9 Å². The van der Waals surface area contributed by atoms with E-state index in [0.29, 0.717) is 17.4 Å². The minimum atomic E-state index is -0.310. The summed E-state index contributed by atoms with van der Waals surface area (Å²) in [5.74, 6) is -0.300. The number of nitrogens with one attached hydrogen (secondary N) is 2. The second-order valence-corrected chi connectivity index (χ2v) is 5.00. The lowest BCUT2D eigenvalue weighted by Crippen LogP contribution is -2.53. The third-order valence-corrected chi connectivity index (χ3v) is 3.64. The average Bonchev–Trinajstić information content (AvgIpc) is 2.48. The number of hydrogen-bond acceptors (Lipinski definition) is 4. The van der Waals surface area contributed by atoms with Crippen molar-refractivity contribution in [3.63, 3.8) is 0 Å². The molecule has 0 aliphatic carbocycles. The van der Waals surface area contributed by atoms with Crippen LogP contribution in [-0.4, -0.2) is 46.7 Å². The molecule has 1 unspecified atom stereocenters. The van der Waals surface area contributed by atoms with Gasteiger partial charge in [0.1, 0.15) is 0 Å². The quantitative estimate of drug-likeness (QED) is 0.785. The van der Waals surface area contributed by atoms with Crippen molar-refractivity contribution in [1.82, 2.24) is 20.4 Å². The summed E-state index contributed by atoms with van der Waals surface area (Å²) in [6.07, 6.45) is 0. The number of benzene rings is 1. The predicted molar refractivity (Wildman–Crippen MR) is 75.7 cm³/mol. The van der Waals surface area contributed by atoms with Gasteiger partial charge in [0, 0.05) is 31.1 Å². The number of H-pyrrole nitrogens is 1. The Morgan fingerprint density at radius 3 is 3.00 bits per heavy atom. The van der Waals surface area contributed by atoms with Crippen molar-refractivity contribution < 1.29 is 4.79 Å². The summed E-state index contributed by atoms with van der Waals surface area (Å²) in [5, 5.41) is 10.5. The van der Waals surface area contributed by atoms with Gasteiger partial charge in [0.05, 0.1) is 5.52 Å². The molecule has 0 bridgehead atoms. The van der Waals surface area contributed by atoms with Gasteiger partial charge >= 0.3 is 0 Å². The number of rotatable bonds is 1. The van der Waals surface area contributed by atoms with Crippen LogP contribution in [0.1, 0.15) is 17.4 Å². The lowest BCUT2D eigenvalue weighted by Gasteiger charge is -2.33. The molecule has 1 fully saturated rings. The van der Waals surface area contributed by atoms with E-state index in [2.05, 4.69) is 15.5 Å². The third kappa shape index (κ3) is 2.08. The number of carbonyl (C=O) groups is 1. The molecule has 1 atom stereocenters. The monoisotopic (exact) mass is 272 g/mol. The lowest BCUT2D eigenvalue weighted by molar-refractivity contribution is 0.0647. The van der Waals surface area contributed by atoms with Gasteiger partial charge in [-0.2, -0.15) is 5.10 Å². The summed E-state index contributed by atoms with van der Waals surface area (Å²) in [6, 6.07) is 7.13. The maximum absolute atomic E-state index is 12.5. The molecule has 6 nitrogen and oxygen atoms in total. The zero-order valence-electron chi connectivity index (χ0n) is 11.2. The molecule has 1 aromatic heterocycles. The number of aromatic amines is 1. The van der Waals surface area contributed by atoms with E-state index in [0.717, 1.165) is 13.1 Å². The number of para-hydroxylation sites is 1. The highest BCUT2D eigenvalue weighted by atomic mass is 16.2. The highest BCUT2D eigenvalue weighted by Gasteiger charge is 2.27. The standard InChI is InChI=1S/C14H16N4O2/c1-9-8-15-6-7-18(9)14(20)12-13(19)10-4-2-3-5-11(10)16-17-12/h2-5,9,15H,6-8H2,1H3,(H,16,19). The van der Waals surface area contributed by atoms with Gasteiger partial charge < -0.3 is 10.2 Å². The molecule has 104 valence electrons. The van der Waals surface area contributed by atoms with E-state index >= 15 is 0 Å². The summed E-state index contributed by atoms with van der Waals surface area (Å²) < 4.78 is 0. The molecule has 1 saturated heterocycles. The Morgan fingerprint density at radius 1 is 1.40 bits per heavy atom. The van der Waals surface area contributed by atoms with Gasteiger partial charge in [-0.25, -0.2) is 0 Å². The van der Waals surface area contributed by atoms with E-state index in [-0.39, 0.29) is 23.1 Å². The Balaban J connectivity index is 2.03. The Kier molecular flexibility index (Phi) is 3.23. The number of piperazine rings is 1. The van der Waals surface area contributed by atoms with Crippen LogP contribution >= 0.6 is 0 Å². The van der Waals surface area contributed by atoms with E-state index in [4.69, 9.17) is 0 Å². The van der Waals surface area contributed by atoms with Crippen LogP contribution in [0.2, 0.25) is 0 Å². The maximum atomic E-state index is 12.5. The van der Waals surface area contributed by atoms with Gasteiger partial charge in [-0.15, -0.1) is 0 Å². The topological polar surface area (TPSA) is 78.1 Å². The molecule has 1 aliphatic heterocycles. The van der Waals surface area contributed by atoms with Crippen LogP contribution in [0.3, 0.4) is 0 Å². The van der Waals surface area contributed by atoms with E-state index in [9.17, 15) is 9.59 Å². The zero-order chi connectivity index (χ0) is 14.1.